The highest BCUT2D eigenvalue weighted by Crippen LogP contribution is 2.71. The molecule has 3 unspecified atom stereocenters. The van der Waals surface area contributed by atoms with Crippen LogP contribution in [0.2, 0.25) is 0 Å². The molecule has 5 atom stereocenters. The molecule has 0 aliphatic heterocycles. The summed E-state index contributed by atoms with van der Waals surface area (Å²) < 4.78 is 0. The molecule has 0 N–H and O–H groups in total. The Morgan fingerprint density at radius 3 is 2.73 bits per heavy atom. The van der Waals surface area contributed by atoms with Gasteiger partial charge in [-0.3, -0.25) is 0 Å². The molecule has 4 bridgehead atoms. The number of rotatable bonds is 1. The Labute approximate surface area is 94.1 Å². The molecular formula is C15H24. The summed E-state index contributed by atoms with van der Waals surface area (Å²) in [5, 5.41) is 0. The van der Waals surface area contributed by atoms with Crippen LogP contribution in [0.15, 0.2) is 11.6 Å². The van der Waals surface area contributed by atoms with Crippen molar-refractivity contribution in [3.63, 3.8) is 0 Å². The van der Waals surface area contributed by atoms with Crippen LogP contribution in [0, 0.1) is 35.0 Å². The molecule has 0 nitrogen and oxygen atoms in total. The largest absolute Gasteiger partial charge is 0.0850 e. The molecule has 0 aromatic carbocycles. The lowest BCUT2D eigenvalue weighted by atomic mass is 9.34. The minimum atomic E-state index is 0.703. The highest BCUT2D eigenvalue weighted by Gasteiger charge is 2.64. The summed E-state index contributed by atoms with van der Waals surface area (Å²) in [5.41, 5.74) is 2.42. The molecule has 0 spiro atoms. The standard InChI is InChI=1S/C15H24/c1-9(2)11-7-8-15(4)12-6-5-10(3)14(15)13(11)12/h5,9,11-14H,6-8H2,1-4H3/t11-,12?,13?,14?,15-/m1/s1. The normalized spacial score (nSPS) is 52.5. The maximum Gasteiger partial charge on any atom is -0.0115 e. The fourth-order valence-electron chi connectivity index (χ4n) is 5.25. The molecule has 15 heavy (non-hydrogen) atoms. The second-order valence-corrected chi connectivity index (χ2v) is 6.80. The fourth-order valence-corrected chi connectivity index (χ4v) is 5.25. The van der Waals surface area contributed by atoms with E-state index >= 15 is 0 Å². The lowest BCUT2D eigenvalue weighted by molar-refractivity contribution is -0.181. The van der Waals surface area contributed by atoms with Crippen molar-refractivity contribution in [2.24, 2.45) is 35.0 Å². The van der Waals surface area contributed by atoms with Gasteiger partial charge in [0.05, 0.1) is 0 Å². The minimum Gasteiger partial charge on any atom is -0.0850 e. The topological polar surface area (TPSA) is 0 Å². The van der Waals surface area contributed by atoms with Gasteiger partial charge in [-0.25, -0.2) is 0 Å². The molecule has 4 aliphatic carbocycles. The summed E-state index contributed by atoms with van der Waals surface area (Å²) in [5.74, 6) is 4.96. The Morgan fingerprint density at radius 2 is 2.13 bits per heavy atom. The summed E-state index contributed by atoms with van der Waals surface area (Å²) in [6.45, 7) is 9.81. The van der Waals surface area contributed by atoms with Gasteiger partial charge in [0.25, 0.3) is 0 Å². The molecular weight excluding hydrogens is 180 g/mol. The van der Waals surface area contributed by atoms with Crippen molar-refractivity contribution in [2.75, 3.05) is 0 Å². The Kier molecular flexibility index (Phi) is 1.92. The lowest BCUT2D eigenvalue weighted by Crippen LogP contribution is -2.63. The third-order valence-electron chi connectivity index (χ3n) is 5.96. The van der Waals surface area contributed by atoms with Crippen molar-refractivity contribution in [2.45, 2.75) is 47.0 Å². The van der Waals surface area contributed by atoms with Crippen molar-refractivity contribution in [3.05, 3.63) is 11.6 Å². The third-order valence-corrected chi connectivity index (χ3v) is 5.96. The van der Waals surface area contributed by atoms with Crippen molar-refractivity contribution >= 4 is 0 Å². The molecule has 4 rings (SSSR count). The summed E-state index contributed by atoms with van der Waals surface area (Å²) in [6, 6.07) is 0. The van der Waals surface area contributed by atoms with Crippen LogP contribution in [0.5, 0.6) is 0 Å². The Morgan fingerprint density at radius 1 is 1.40 bits per heavy atom. The zero-order valence-corrected chi connectivity index (χ0v) is 10.6. The zero-order valence-electron chi connectivity index (χ0n) is 10.6. The molecule has 0 heteroatoms. The maximum absolute atomic E-state index is 2.56. The molecule has 0 aromatic heterocycles. The molecule has 0 heterocycles. The van der Waals surface area contributed by atoms with Crippen LogP contribution in [0.4, 0.5) is 0 Å². The van der Waals surface area contributed by atoms with Gasteiger partial charge in [0.1, 0.15) is 0 Å². The van der Waals surface area contributed by atoms with Crippen LogP contribution in [-0.2, 0) is 0 Å². The van der Waals surface area contributed by atoms with Gasteiger partial charge < -0.3 is 0 Å². The van der Waals surface area contributed by atoms with Crippen LogP contribution in [0.3, 0.4) is 0 Å². The monoisotopic (exact) mass is 204 g/mol. The van der Waals surface area contributed by atoms with E-state index in [0.29, 0.717) is 5.41 Å². The van der Waals surface area contributed by atoms with Crippen molar-refractivity contribution in [1.29, 1.82) is 0 Å². The van der Waals surface area contributed by atoms with E-state index in [1.165, 1.54) is 19.3 Å². The van der Waals surface area contributed by atoms with Gasteiger partial charge in [-0.05, 0) is 61.2 Å². The van der Waals surface area contributed by atoms with Gasteiger partial charge in [-0.1, -0.05) is 32.4 Å². The van der Waals surface area contributed by atoms with Crippen LogP contribution >= 0.6 is 0 Å². The average Bonchev–Trinajstić information content (AvgIpc) is 2.17. The first-order chi connectivity index (χ1) is 7.05. The van der Waals surface area contributed by atoms with Crippen molar-refractivity contribution in [3.8, 4) is 0 Å². The maximum atomic E-state index is 2.56. The molecule has 4 aliphatic rings. The number of allylic oxidation sites excluding steroid dienone is 2. The molecule has 0 amide bonds. The van der Waals surface area contributed by atoms with E-state index in [1.807, 2.05) is 0 Å². The third kappa shape index (κ3) is 1.04. The van der Waals surface area contributed by atoms with Crippen LogP contribution in [0.25, 0.3) is 0 Å². The first-order valence-corrected chi connectivity index (χ1v) is 6.72. The highest BCUT2D eigenvalue weighted by molar-refractivity contribution is 5.28. The van der Waals surface area contributed by atoms with Gasteiger partial charge in [0.2, 0.25) is 0 Å². The first kappa shape index (κ1) is 9.93. The SMILES string of the molecule is CC1=CCC2C3C1[C@]2(C)CC[C@@H]3C(C)C. The number of fused-ring (bicyclic) bond motifs is 1. The van der Waals surface area contributed by atoms with E-state index in [9.17, 15) is 0 Å². The van der Waals surface area contributed by atoms with Gasteiger partial charge in [-0.2, -0.15) is 0 Å². The van der Waals surface area contributed by atoms with Crippen LogP contribution in [0.1, 0.15) is 47.0 Å². The molecule has 0 saturated heterocycles. The summed E-state index contributed by atoms with van der Waals surface area (Å²) in [7, 11) is 0. The van der Waals surface area contributed by atoms with E-state index in [-0.39, 0.29) is 0 Å². The van der Waals surface area contributed by atoms with E-state index in [1.54, 1.807) is 5.57 Å². The summed E-state index contributed by atoms with van der Waals surface area (Å²) in [4.78, 5) is 0. The second kappa shape index (κ2) is 2.90. The predicted octanol–water partition coefficient (Wildman–Crippen LogP) is 4.27. The minimum absolute atomic E-state index is 0.703. The van der Waals surface area contributed by atoms with Gasteiger partial charge in [-0.15, -0.1) is 0 Å². The van der Waals surface area contributed by atoms with Gasteiger partial charge >= 0.3 is 0 Å². The van der Waals surface area contributed by atoms with E-state index in [2.05, 4.69) is 33.8 Å². The average molecular weight is 204 g/mol. The molecule has 84 valence electrons. The van der Waals surface area contributed by atoms with Gasteiger partial charge in [0, 0.05) is 0 Å². The summed E-state index contributed by atoms with van der Waals surface area (Å²) >= 11 is 0. The van der Waals surface area contributed by atoms with Crippen LogP contribution in [-0.4, -0.2) is 0 Å². The molecule has 2 saturated carbocycles. The Hall–Kier alpha value is -0.260. The molecule has 2 fully saturated rings. The quantitative estimate of drug-likeness (QED) is 0.559. The Balaban J connectivity index is 1.95. The van der Waals surface area contributed by atoms with Crippen molar-refractivity contribution in [1.82, 2.24) is 0 Å². The number of hydrogen-bond donors (Lipinski definition) is 0. The van der Waals surface area contributed by atoms with E-state index in [0.717, 1.165) is 29.6 Å². The summed E-state index contributed by atoms with van der Waals surface area (Å²) in [6.07, 6.45) is 6.90. The van der Waals surface area contributed by atoms with E-state index < -0.39 is 0 Å². The Bertz CT molecular complexity index is 312. The zero-order chi connectivity index (χ0) is 10.8. The highest BCUT2D eigenvalue weighted by atomic mass is 14.7. The predicted molar refractivity (Wildman–Crippen MR) is 64.5 cm³/mol. The molecule has 0 aromatic rings. The second-order valence-electron chi connectivity index (χ2n) is 6.80. The van der Waals surface area contributed by atoms with Crippen LogP contribution < -0.4 is 0 Å². The number of hydrogen-bond acceptors (Lipinski definition) is 0. The van der Waals surface area contributed by atoms with Gasteiger partial charge in [0.15, 0.2) is 0 Å². The first-order valence-electron chi connectivity index (χ1n) is 6.72. The lowest BCUT2D eigenvalue weighted by Gasteiger charge is -2.70. The van der Waals surface area contributed by atoms with E-state index in [4.69, 9.17) is 0 Å². The molecule has 0 radical (unpaired) electrons. The van der Waals surface area contributed by atoms with Crippen molar-refractivity contribution < 1.29 is 0 Å². The smallest absolute Gasteiger partial charge is 0.0115 e. The fraction of sp³-hybridized carbons (Fsp3) is 0.867.